The summed E-state index contributed by atoms with van der Waals surface area (Å²) in [6, 6.07) is 4.03. The number of piperidine rings is 1. The molecule has 0 saturated carbocycles. The quantitative estimate of drug-likeness (QED) is 0.410. The Hall–Kier alpha value is -2.30. The number of ether oxygens (including phenoxy) is 1. The molecule has 5 nitrogen and oxygen atoms in total. The van der Waals surface area contributed by atoms with Crippen LogP contribution in [0, 0.1) is 0 Å². The Morgan fingerprint density at radius 2 is 1.47 bits per heavy atom. The molecule has 1 aromatic carbocycles. The lowest BCUT2D eigenvalue weighted by Crippen LogP contribution is -2.64. The highest BCUT2D eigenvalue weighted by Gasteiger charge is 2.48. The Morgan fingerprint density at radius 1 is 1.03 bits per heavy atom. The smallest absolute Gasteiger partial charge is 0.306 e. The number of amides is 1. The number of likely N-dealkylation sites (tertiary alicyclic amines) is 1. The first-order valence-electron chi connectivity index (χ1n) is 12.3. The van der Waals surface area contributed by atoms with Crippen LogP contribution in [0.15, 0.2) is 24.8 Å². The summed E-state index contributed by atoms with van der Waals surface area (Å²) >= 11 is 0. The number of esters is 1. The zero-order valence-corrected chi connectivity index (χ0v) is 23.0. The largest absolute Gasteiger partial charge is 0.507 e. The number of nitrogens with zero attached hydrogens (tertiary/aromatic N) is 1. The first-order valence-corrected chi connectivity index (χ1v) is 12.3. The highest BCUT2D eigenvalue weighted by Crippen LogP contribution is 2.41. The highest BCUT2D eigenvalue weighted by molar-refractivity contribution is 5.88. The van der Waals surface area contributed by atoms with Gasteiger partial charge in [-0.3, -0.25) is 9.59 Å². The molecular formula is C29H45NO4. The number of carbonyl (C=O) groups is 2. The van der Waals surface area contributed by atoms with E-state index in [4.69, 9.17) is 4.74 Å². The monoisotopic (exact) mass is 471 g/mol. The molecule has 1 aliphatic heterocycles. The van der Waals surface area contributed by atoms with E-state index in [9.17, 15) is 14.7 Å². The van der Waals surface area contributed by atoms with Crippen LogP contribution < -0.4 is 0 Å². The van der Waals surface area contributed by atoms with Gasteiger partial charge in [-0.1, -0.05) is 60.3 Å². The third kappa shape index (κ3) is 6.22. The maximum atomic E-state index is 12.8. The predicted octanol–water partition coefficient (Wildman–Crippen LogP) is 6.20. The minimum atomic E-state index is -0.446. The van der Waals surface area contributed by atoms with Crippen molar-refractivity contribution in [2.24, 2.45) is 0 Å². The number of aromatic hydroxyl groups is 1. The summed E-state index contributed by atoms with van der Waals surface area (Å²) in [6.45, 7) is 24.2. The Bertz CT molecular complexity index is 891. The molecule has 0 unspecified atom stereocenters. The maximum absolute atomic E-state index is 12.8. The second-order valence-corrected chi connectivity index (χ2v) is 13.1. The number of phenols is 1. The molecule has 1 aliphatic rings. The third-order valence-corrected chi connectivity index (χ3v) is 6.76. The lowest BCUT2D eigenvalue weighted by molar-refractivity contribution is -0.165. The summed E-state index contributed by atoms with van der Waals surface area (Å²) in [5.41, 5.74) is 1.49. The fourth-order valence-corrected chi connectivity index (χ4v) is 5.43. The second kappa shape index (κ2) is 9.39. The molecule has 190 valence electrons. The van der Waals surface area contributed by atoms with Crippen LogP contribution in [0.4, 0.5) is 0 Å². The van der Waals surface area contributed by atoms with Crippen molar-refractivity contribution >= 4 is 11.9 Å². The SMILES string of the molecule is C=CC(=O)N1C(C)(C)CC(OC(=O)CCc2cc(C(C)(C)C)c(O)c(C(C)(C)C)c2)CC1(C)C. The molecule has 0 spiro atoms. The molecule has 0 radical (unpaired) electrons. The number of benzene rings is 1. The van der Waals surface area contributed by atoms with Gasteiger partial charge in [0.05, 0.1) is 0 Å². The zero-order valence-electron chi connectivity index (χ0n) is 23.0. The molecule has 1 amide bonds. The molecule has 1 saturated heterocycles. The lowest BCUT2D eigenvalue weighted by Gasteiger charge is -2.54. The van der Waals surface area contributed by atoms with Crippen molar-refractivity contribution in [3.8, 4) is 5.75 Å². The Labute approximate surface area is 206 Å². The van der Waals surface area contributed by atoms with Crippen molar-refractivity contribution in [3.63, 3.8) is 0 Å². The van der Waals surface area contributed by atoms with E-state index < -0.39 is 11.1 Å². The van der Waals surface area contributed by atoms with E-state index in [1.54, 1.807) is 0 Å². The molecule has 1 fully saturated rings. The summed E-state index contributed by atoms with van der Waals surface area (Å²) in [5.74, 6) is 0.0100. The fourth-order valence-electron chi connectivity index (χ4n) is 5.43. The Morgan fingerprint density at radius 3 is 1.85 bits per heavy atom. The number of aryl methyl sites for hydroxylation is 1. The van der Waals surface area contributed by atoms with E-state index >= 15 is 0 Å². The van der Waals surface area contributed by atoms with Gasteiger partial charge in [0.15, 0.2) is 0 Å². The van der Waals surface area contributed by atoms with Gasteiger partial charge >= 0.3 is 5.97 Å². The predicted molar refractivity (Wildman–Crippen MR) is 138 cm³/mol. The molecule has 5 heteroatoms. The summed E-state index contributed by atoms with van der Waals surface area (Å²) in [7, 11) is 0. The zero-order chi connectivity index (χ0) is 26.3. The van der Waals surface area contributed by atoms with E-state index in [1.807, 2.05) is 44.7 Å². The van der Waals surface area contributed by atoms with Gasteiger partial charge in [-0.2, -0.15) is 0 Å². The fraction of sp³-hybridized carbons (Fsp3) is 0.655. The van der Waals surface area contributed by atoms with Gasteiger partial charge in [-0.05, 0) is 67.7 Å². The van der Waals surface area contributed by atoms with Crippen LogP contribution in [0.3, 0.4) is 0 Å². The van der Waals surface area contributed by atoms with E-state index in [-0.39, 0.29) is 35.2 Å². The molecule has 0 aliphatic carbocycles. The number of phenolic OH excluding ortho intramolecular Hbond substituents is 1. The van der Waals surface area contributed by atoms with Gasteiger partial charge in [0, 0.05) is 30.3 Å². The summed E-state index contributed by atoms with van der Waals surface area (Å²) in [4.78, 5) is 27.2. The van der Waals surface area contributed by atoms with Gasteiger partial charge < -0.3 is 14.7 Å². The van der Waals surface area contributed by atoms with Crippen molar-refractivity contribution in [2.45, 2.75) is 123 Å². The molecule has 1 heterocycles. The Kier molecular flexibility index (Phi) is 7.72. The molecule has 1 N–H and O–H groups in total. The standard InChI is InChI=1S/C29H45NO4/c1-12-23(31)30-28(8,9)17-20(18-29(30,10)11)34-24(32)14-13-19-15-21(26(2,3)4)25(33)22(16-19)27(5,6)7/h12,15-16,20,33H,1,13-14,17-18H2,2-11H3. The molecule has 0 atom stereocenters. The third-order valence-electron chi connectivity index (χ3n) is 6.76. The molecule has 0 bridgehead atoms. The van der Waals surface area contributed by atoms with Crippen LogP contribution in [-0.4, -0.2) is 39.1 Å². The van der Waals surface area contributed by atoms with Crippen LogP contribution in [-0.2, 0) is 31.6 Å². The number of carbonyl (C=O) groups excluding carboxylic acids is 2. The molecule has 34 heavy (non-hydrogen) atoms. The second-order valence-electron chi connectivity index (χ2n) is 13.1. The van der Waals surface area contributed by atoms with Gasteiger partial charge in [0.2, 0.25) is 5.91 Å². The number of rotatable bonds is 5. The first-order chi connectivity index (χ1) is 15.3. The topological polar surface area (TPSA) is 66.8 Å². The molecule has 2 rings (SSSR count). The lowest BCUT2D eigenvalue weighted by atomic mass is 9.78. The minimum absolute atomic E-state index is 0.101. The van der Waals surface area contributed by atoms with Crippen LogP contribution >= 0.6 is 0 Å². The van der Waals surface area contributed by atoms with Crippen molar-refractivity contribution in [1.29, 1.82) is 0 Å². The summed E-state index contributed by atoms with van der Waals surface area (Å²) < 4.78 is 5.91. The highest BCUT2D eigenvalue weighted by atomic mass is 16.5. The molecule has 1 aromatic rings. The van der Waals surface area contributed by atoms with E-state index in [1.165, 1.54) is 6.08 Å². The van der Waals surface area contributed by atoms with Crippen molar-refractivity contribution in [3.05, 3.63) is 41.5 Å². The number of hydrogen-bond donors (Lipinski definition) is 1. The van der Waals surface area contributed by atoms with E-state index in [0.29, 0.717) is 25.0 Å². The van der Waals surface area contributed by atoms with Crippen LogP contribution in [0.2, 0.25) is 0 Å². The Balaban J connectivity index is 2.17. The summed E-state index contributed by atoms with van der Waals surface area (Å²) in [5, 5.41) is 10.9. The van der Waals surface area contributed by atoms with Gasteiger partial charge in [0.1, 0.15) is 11.9 Å². The minimum Gasteiger partial charge on any atom is -0.507 e. The van der Waals surface area contributed by atoms with Crippen LogP contribution in [0.5, 0.6) is 5.75 Å². The maximum Gasteiger partial charge on any atom is 0.306 e. The summed E-state index contributed by atoms with van der Waals surface area (Å²) in [6.07, 6.45) is 3.09. The molecule has 0 aromatic heterocycles. The van der Waals surface area contributed by atoms with Crippen molar-refractivity contribution in [2.75, 3.05) is 0 Å². The van der Waals surface area contributed by atoms with Crippen LogP contribution in [0.25, 0.3) is 0 Å². The first kappa shape index (κ1) is 27.9. The van der Waals surface area contributed by atoms with Gasteiger partial charge in [-0.15, -0.1) is 0 Å². The van der Waals surface area contributed by atoms with Crippen molar-refractivity contribution < 1.29 is 19.4 Å². The van der Waals surface area contributed by atoms with Gasteiger partial charge in [0.25, 0.3) is 0 Å². The van der Waals surface area contributed by atoms with E-state index in [2.05, 4.69) is 48.1 Å². The average molecular weight is 472 g/mol. The van der Waals surface area contributed by atoms with Gasteiger partial charge in [-0.25, -0.2) is 0 Å². The number of hydrogen-bond acceptors (Lipinski definition) is 4. The normalized spacial score (nSPS) is 18.5. The van der Waals surface area contributed by atoms with E-state index in [0.717, 1.165) is 16.7 Å². The average Bonchev–Trinajstić information content (AvgIpc) is 2.62. The van der Waals surface area contributed by atoms with Crippen molar-refractivity contribution in [1.82, 2.24) is 4.90 Å². The van der Waals surface area contributed by atoms with Crippen LogP contribution in [0.1, 0.15) is 105 Å². The molecular weight excluding hydrogens is 426 g/mol.